The molecule has 0 aromatic heterocycles. The van der Waals surface area contributed by atoms with Gasteiger partial charge in [0.1, 0.15) is 5.92 Å². The number of rotatable bonds is 8. The van der Waals surface area contributed by atoms with Crippen LogP contribution in [0.3, 0.4) is 0 Å². The van der Waals surface area contributed by atoms with Crippen molar-refractivity contribution >= 4 is 5.97 Å². The molecule has 0 saturated heterocycles. The van der Waals surface area contributed by atoms with E-state index in [2.05, 4.69) is 6.92 Å². The number of hydrogen-bond donors (Lipinski definition) is 1. The third-order valence-corrected chi connectivity index (χ3v) is 3.78. The van der Waals surface area contributed by atoms with Gasteiger partial charge in [0.15, 0.2) is 11.5 Å². The van der Waals surface area contributed by atoms with Crippen LogP contribution >= 0.6 is 0 Å². The number of carbonyl (C=O) groups is 1. The monoisotopic (exact) mass is 308 g/mol. The van der Waals surface area contributed by atoms with Crippen molar-refractivity contribution < 1.29 is 24.1 Å². The van der Waals surface area contributed by atoms with E-state index in [9.17, 15) is 9.90 Å². The van der Waals surface area contributed by atoms with Gasteiger partial charge in [-0.15, -0.1) is 0 Å². The highest BCUT2D eigenvalue weighted by Gasteiger charge is 2.31. The molecule has 1 heterocycles. The van der Waals surface area contributed by atoms with Gasteiger partial charge in [0, 0.05) is 0 Å². The molecule has 1 aromatic carbocycles. The minimum Gasteiger partial charge on any atom is -0.465 e. The van der Waals surface area contributed by atoms with E-state index in [1.165, 1.54) is 0 Å². The summed E-state index contributed by atoms with van der Waals surface area (Å²) in [6, 6.07) is 5.31. The smallest absolute Gasteiger partial charge is 0.316 e. The van der Waals surface area contributed by atoms with E-state index in [0.717, 1.165) is 19.3 Å². The fourth-order valence-electron chi connectivity index (χ4n) is 2.62. The third-order valence-electron chi connectivity index (χ3n) is 3.78. The maximum Gasteiger partial charge on any atom is 0.316 e. The van der Waals surface area contributed by atoms with E-state index in [0.29, 0.717) is 30.1 Å². The number of benzene rings is 1. The van der Waals surface area contributed by atoms with Gasteiger partial charge in [0.2, 0.25) is 6.79 Å². The van der Waals surface area contributed by atoms with Crippen molar-refractivity contribution in [3.8, 4) is 11.5 Å². The van der Waals surface area contributed by atoms with Gasteiger partial charge in [0.25, 0.3) is 0 Å². The van der Waals surface area contributed by atoms with Crippen LogP contribution in [0, 0.1) is 0 Å². The second-order valence-electron chi connectivity index (χ2n) is 5.41. The van der Waals surface area contributed by atoms with Gasteiger partial charge in [-0.1, -0.05) is 32.3 Å². The predicted molar refractivity (Wildman–Crippen MR) is 82.1 cm³/mol. The molecule has 0 saturated carbocycles. The Bertz CT molecular complexity index is 500. The molecule has 1 aromatic rings. The van der Waals surface area contributed by atoms with Crippen LogP contribution in [0.1, 0.15) is 51.0 Å². The first-order valence-corrected chi connectivity index (χ1v) is 7.91. The number of aliphatic hydroxyl groups excluding tert-OH is 1. The number of unbranched alkanes of at least 4 members (excludes halogenated alkanes) is 2. The molecule has 1 aliphatic heterocycles. The number of hydrogen-bond acceptors (Lipinski definition) is 5. The lowest BCUT2D eigenvalue weighted by atomic mass is 9.90. The zero-order valence-electron chi connectivity index (χ0n) is 13.2. The zero-order valence-corrected chi connectivity index (χ0v) is 13.2. The van der Waals surface area contributed by atoms with Gasteiger partial charge in [0.05, 0.1) is 12.7 Å². The third kappa shape index (κ3) is 3.91. The number of fused-ring (bicyclic) bond motifs is 1. The lowest BCUT2D eigenvalue weighted by molar-refractivity contribution is -0.148. The molecule has 0 bridgehead atoms. The van der Waals surface area contributed by atoms with Crippen LogP contribution in [0.25, 0.3) is 0 Å². The summed E-state index contributed by atoms with van der Waals surface area (Å²) in [5.41, 5.74) is 0.701. The normalized spacial score (nSPS) is 15.4. The van der Waals surface area contributed by atoms with Crippen LogP contribution in [0.5, 0.6) is 11.5 Å². The van der Waals surface area contributed by atoms with Gasteiger partial charge in [-0.2, -0.15) is 0 Å². The maximum atomic E-state index is 12.3. The molecule has 122 valence electrons. The fraction of sp³-hybridized carbons (Fsp3) is 0.588. The summed E-state index contributed by atoms with van der Waals surface area (Å²) in [7, 11) is 0. The lowest BCUT2D eigenvalue weighted by Crippen LogP contribution is -2.28. The van der Waals surface area contributed by atoms with Crippen molar-refractivity contribution in [3.05, 3.63) is 23.8 Å². The predicted octanol–water partition coefficient (Wildman–Crippen LogP) is 3.00. The molecule has 5 nitrogen and oxygen atoms in total. The van der Waals surface area contributed by atoms with Crippen molar-refractivity contribution in [1.29, 1.82) is 0 Å². The molecule has 2 atom stereocenters. The average Bonchev–Trinajstić information content (AvgIpc) is 2.95. The van der Waals surface area contributed by atoms with E-state index in [4.69, 9.17) is 14.2 Å². The molecule has 2 rings (SSSR count). The Hall–Kier alpha value is -1.75. The Labute approximate surface area is 131 Å². The topological polar surface area (TPSA) is 65.0 Å². The summed E-state index contributed by atoms with van der Waals surface area (Å²) in [4.78, 5) is 12.3. The second kappa shape index (κ2) is 8.03. The van der Waals surface area contributed by atoms with E-state index in [1.807, 2.05) is 0 Å². The van der Waals surface area contributed by atoms with Crippen molar-refractivity contribution in [1.82, 2.24) is 0 Å². The van der Waals surface area contributed by atoms with E-state index in [1.54, 1.807) is 25.1 Å². The Morgan fingerprint density at radius 1 is 1.27 bits per heavy atom. The molecule has 0 aliphatic carbocycles. The molecule has 5 heteroatoms. The van der Waals surface area contributed by atoms with Crippen LogP contribution in [-0.4, -0.2) is 30.6 Å². The highest BCUT2D eigenvalue weighted by atomic mass is 16.7. The highest BCUT2D eigenvalue weighted by molar-refractivity contribution is 5.79. The summed E-state index contributed by atoms with van der Waals surface area (Å²) >= 11 is 0. The molecule has 2 unspecified atom stereocenters. The molecule has 1 N–H and O–H groups in total. The molecule has 0 spiro atoms. The quantitative estimate of drug-likeness (QED) is 0.591. The first-order valence-electron chi connectivity index (χ1n) is 7.91. The molecule has 22 heavy (non-hydrogen) atoms. The van der Waals surface area contributed by atoms with Gasteiger partial charge in [-0.3, -0.25) is 4.79 Å². The summed E-state index contributed by atoms with van der Waals surface area (Å²) < 4.78 is 15.8. The summed E-state index contributed by atoms with van der Waals surface area (Å²) in [6.07, 6.45) is 2.81. The Morgan fingerprint density at radius 3 is 2.77 bits per heavy atom. The molecule has 0 amide bonds. The minimum atomic E-state index is -0.758. The minimum absolute atomic E-state index is 0.182. The van der Waals surface area contributed by atoms with Crippen molar-refractivity contribution in [2.75, 3.05) is 13.4 Å². The molecule has 0 fully saturated rings. The molecular formula is C17H24O5. The van der Waals surface area contributed by atoms with Crippen LogP contribution in [0.4, 0.5) is 0 Å². The van der Waals surface area contributed by atoms with Gasteiger partial charge in [-0.05, 0) is 31.0 Å². The standard InChI is InChI=1S/C17H24O5/c1-3-5-6-7-13(18)16(17(19)20-4-2)12-8-9-14-15(10-12)22-11-21-14/h8-10,13,16,18H,3-7,11H2,1-2H3. The average molecular weight is 308 g/mol. The Kier molecular flexibility index (Phi) is 6.07. The lowest BCUT2D eigenvalue weighted by Gasteiger charge is -2.22. The first kappa shape index (κ1) is 16.6. The van der Waals surface area contributed by atoms with Crippen LogP contribution in [0.2, 0.25) is 0 Å². The molecule has 0 radical (unpaired) electrons. The Balaban J connectivity index is 2.17. The number of esters is 1. The summed E-state index contributed by atoms with van der Waals surface area (Å²) in [5.74, 6) is 0.177. The molecular weight excluding hydrogens is 284 g/mol. The summed E-state index contributed by atoms with van der Waals surface area (Å²) in [6.45, 7) is 4.34. The van der Waals surface area contributed by atoms with E-state index in [-0.39, 0.29) is 6.79 Å². The van der Waals surface area contributed by atoms with Gasteiger partial charge in [-0.25, -0.2) is 0 Å². The van der Waals surface area contributed by atoms with Crippen LogP contribution in [0.15, 0.2) is 18.2 Å². The first-order chi connectivity index (χ1) is 10.7. The number of aliphatic hydroxyl groups is 1. The van der Waals surface area contributed by atoms with E-state index < -0.39 is 18.0 Å². The van der Waals surface area contributed by atoms with Crippen LogP contribution in [-0.2, 0) is 9.53 Å². The van der Waals surface area contributed by atoms with E-state index >= 15 is 0 Å². The van der Waals surface area contributed by atoms with Crippen LogP contribution < -0.4 is 9.47 Å². The second-order valence-corrected chi connectivity index (χ2v) is 5.41. The number of carbonyl (C=O) groups excluding carboxylic acids is 1. The van der Waals surface area contributed by atoms with Crippen molar-refractivity contribution in [2.24, 2.45) is 0 Å². The van der Waals surface area contributed by atoms with Crippen molar-refractivity contribution in [3.63, 3.8) is 0 Å². The SMILES string of the molecule is CCCCCC(O)C(C(=O)OCC)c1ccc2c(c1)OCO2. The van der Waals surface area contributed by atoms with Gasteiger partial charge < -0.3 is 19.3 Å². The number of ether oxygens (including phenoxy) is 3. The van der Waals surface area contributed by atoms with Gasteiger partial charge >= 0.3 is 5.97 Å². The fourth-order valence-corrected chi connectivity index (χ4v) is 2.62. The maximum absolute atomic E-state index is 12.3. The molecule has 1 aliphatic rings. The summed E-state index contributed by atoms with van der Waals surface area (Å²) in [5, 5.41) is 10.5. The van der Waals surface area contributed by atoms with Crippen molar-refractivity contribution in [2.45, 2.75) is 51.6 Å². The largest absolute Gasteiger partial charge is 0.465 e. The Morgan fingerprint density at radius 2 is 2.05 bits per heavy atom. The highest BCUT2D eigenvalue weighted by Crippen LogP contribution is 2.36. The zero-order chi connectivity index (χ0) is 15.9.